The molecule has 6 atom stereocenters. The summed E-state index contributed by atoms with van der Waals surface area (Å²) in [5, 5.41) is 0. The van der Waals surface area contributed by atoms with Crippen molar-refractivity contribution < 1.29 is 42.9 Å². The summed E-state index contributed by atoms with van der Waals surface area (Å²) >= 11 is 2.19. The molecule has 1 saturated heterocycles. The Morgan fingerprint density at radius 2 is 1.26 bits per heavy atom. The van der Waals surface area contributed by atoms with Crippen LogP contribution in [0, 0.1) is 0 Å². The molecule has 1 heterocycles. The highest BCUT2D eigenvalue weighted by Gasteiger charge is 2.52. The van der Waals surface area contributed by atoms with E-state index in [1.165, 1.54) is 27.7 Å². The van der Waals surface area contributed by atoms with Gasteiger partial charge < -0.3 is 23.7 Å². The largest absolute Gasteiger partial charge is 0.463 e. The van der Waals surface area contributed by atoms with Gasteiger partial charge in [0.15, 0.2) is 18.3 Å². The summed E-state index contributed by atoms with van der Waals surface area (Å²) in [7, 11) is 0. The number of esters is 4. The highest BCUT2D eigenvalue weighted by Crippen LogP contribution is 2.32. The minimum absolute atomic E-state index is 0.142. The van der Waals surface area contributed by atoms with E-state index in [-0.39, 0.29) is 10.5 Å². The van der Waals surface area contributed by atoms with Gasteiger partial charge in [-0.15, -0.1) is 0 Å². The first-order valence-corrected chi connectivity index (χ1v) is 9.70. The lowest BCUT2D eigenvalue weighted by atomic mass is 9.92. The number of carbonyl (C=O) groups excluding carboxylic acids is 4. The third kappa shape index (κ3) is 7.99. The molecule has 1 aliphatic heterocycles. The minimum atomic E-state index is -1.10. The Bertz CT molecular complexity index is 563. The van der Waals surface area contributed by atoms with Crippen LogP contribution in [-0.4, -0.2) is 64.9 Å². The maximum Gasteiger partial charge on any atom is 0.303 e. The molecule has 9 nitrogen and oxygen atoms in total. The van der Waals surface area contributed by atoms with Crippen LogP contribution >= 0.6 is 22.6 Å². The Kier molecular flexibility index (Phi) is 9.43. The van der Waals surface area contributed by atoms with E-state index in [2.05, 4.69) is 22.6 Å². The van der Waals surface area contributed by atoms with Crippen molar-refractivity contribution in [2.75, 3.05) is 6.61 Å². The maximum atomic E-state index is 11.6. The molecule has 0 aromatic heterocycles. The van der Waals surface area contributed by atoms with Crippen LogP contribution in [-0.2, 0) is 42.9 Å². The summed E-state index contributed by atoms with van der Waals surface area (Å²) in [6, 6.07) is 0. The highest BCUT2D eigenvalue weighted by molar-refractivity contribution is 14.1. The predicted molar refractivity (Wildman–Crippen MR) is 100 cm³/mol. The number of hydrogen-bond donors (Lipinski definition) is 0. The van der Waals surface area contributed by atoms with Crippen LogP contribution in [0.3, 0.4) is 0 Å². The standard InChI is InChI=1S/C17H25IO9/c1-8(18)6-13-15(24-10(3)20)17(26-12(5)22)16(25-11(4)21)14(27-13)7-23-9(2)19/h8,13-17H,6-7H2,1-5H3/t8-,13-,14+,15-,16+,17+/m0/s1. The maximum absolute atomic E-state index is 11.6. The van der Waals surface area contributed by atoms with Crippen molar-refractivity contribution in [1.29, 1.82) is 0 Å². The van der Waals surface area contributed by atoms with E-state index >= 15 is 0 Å². The Hall–Kier alpha value is -1.43. The van der Waals surface area contributed by atoms with Crippen LogP contribution in [0.25, 0.3) is 0 Å². The molecule has 0 bridgehead atoms. The Labute approximate surface area is 171 Å². The van der Waals surface area contributed by atoms with Crippen molar-refractivity contribution in [3.8, 4) is 0 Å². The van der Waals surface area contributed by atoms with Gasteiger partial charge in [-0.25, -0.2) is 0 Å². The van der Waals surface area contributed by atoms with Gasteiger partial charge in [0.25, 0.3) is 0 Å². The second-order valence-electron chi connectivity index (χ2n) is 6.25. The van der Waals surface area contributed by atoms with Gasteiger partial charge in [0.2, 0.25) is 0 Å². The van der Waals surface area contributed by atoms with Crippen molar-refractivity contribution in [2.24, 2.45) is 0 Å². The molecular weight excluding hydrogens is 475 g/mol. The topological polar surface area (TPSA) is 114 Å². The summed E-state index contributed by atoms with van der Waals surface area (Å²) in [6.07, 6.45) is -4.21. The molecule has 0 aromatic rings. The summed E-state index contributed by atoms with van der Waals surface area (Å²) in [6.45, 7) is 6.58. The van der Waals surface area contributed by atoms with Gasteiger partial charge in [-0.2, -0.15) is 0 Å². The molecule has 0 aliphatic carbocycles. The molecule has 27 heavy (non-hydrogen) atoms. The molecule has 1 aliphatic rings. The van der Waals surface area contributed by atoms with Crippen LogP contribution in [0.2, 0.25) is 0 Å². The van der Waals surface area contributed by atoms with E-state index in [1.54, 1.807) is 0 Å². The second kappa shape index (κ2) is 10.8. The van der Waals surface area contributed by atoms with Crippen LogP contribution in [0.15, 0.2) is 0 Å². The number of hydrogen-bond acceptors (Lipinski definition) is 9. The lowest BCUT2D eigenvalue weighted by Gasteiger charge is -2.44. The second-order valence-corrected chi connectivity index (χ2v) is 8.38. The summed E-state index contributed by atoms with van der Waals surface area (Å²) in [5.74, 6) is -2.41. The van der Waals surface area contributed by atoms with E-state index in [9.17, 15) is 19.2 Å². The molecule has 0 amide bonds. The van der Waals surface area contributed by atoms with Crippen molar-refractivity contribution in [2.45, 2.75) is 75.5 Å². The molecule has 10 heteroatoms. The number of halogens is 1. The first-order chi connectivity index (χ1) is 12.5. The van der Waals surface area contributed by atoms with Gasteiger partial charge in [-0.05, 0) is 6.42 Å². The monoisotopic (exact) mass is 500 g/mol. The molecule has 0 unspecified atom stereocenters. The molecule has 154 valence electrons. The molecule has 0 N–H and O–H groups in total. The number of rotatable bonds is 7. The van der Waals surface area contributed by atoms with Gasteiger partial charge in [-0.1, -0.05) is 29.5 Å². The van der Waals surface area contributed by atoms with Crippen molar-refractivity contribution in [3.63, 3.8) is 0 Å². The fourth-order valence-corrected chi connectivity index (χ4v) is 3.33. The first-order valence-electron chi connectivity index (χ1n) is 8.45. The minimum Gasteiger partial charge on any atom is -0.463 e. The van der Waals surface area contributed by atoms with E-state index in [0.717, 1.165) is 0 Å². The first kappa shape index (κ1) is 23.6. The summed E-state index contributed by atoms with van der Waals surface area (Å²) < 4.78 is 27.1. The van der Waals surface area contributed by atoms with Crippen molar-refractivity contribution in [3.05, 3.63) is 0 Å². The zero-order valence-corrected chi connectivity index (χ0v) is 18.1. The van der Waals surface area contributed by atoms with E-state index in [1.807, 2.05) is 6.92 Å². The van der Waals surface area contributed by atoms with Gasteiger partial charge >= 0.3 is 23.9 Å². The van der Waals surface area contributed by atoms with Crippen LogP contribution < -0.4 is 0 Å². The third-order valence-corrected chi connectivity index (χ3v) is 4.15. The Balaban J connectivity index is 3.27. The lowest BCUT2D eigenvalue weighted by Crippen LogP contribution is -2.62. The van der Waals surface area contributed by atoms with Gasteiger partial charge in [-0.3, -0.25) is 19.2 Å². The number of ether oxygens (including phenoxy) is 5. The average molecular weight is 500 g/mol. The molecule has 1 rings (SSSR count). The van der Waals surface area contributed by atoms with E-state index in [0.29, 0.717) is 6.42 Å². The van der Waals surface area contributed by atoms with Crippen LogP contribution in [0.5, 0.6) is 0 Å². The molecular formula is C17H25IO9. The smallest absolute Gasteiger partial charge is 0.303 e. The van der Waals surface area contributed by atoms with Gasteiger partial charge in [0, 0.05) is 31.6 Å². The SMILES string of the molecule is CC(=O)OC[C@H]1O[C@@H](C[C@H](C)I)[C@H](OC(C)=O)[C@@H](OC(C)=O)[C@@H]1OC(C)=O. The van der Waals surface area contributed by atoms with E-state index in [4.69, 9.17) is 23.7 Å². The van der Waals surface area contributed by atoms with Crippen molar-refractivity contribution >= 4 is 46.5 Å². The van der Waals surface area contributed by atoms with Crippen LogP contribution in [0.1, 0.15) is 41.0 Å². The van der Waals surface area contributed by atoms with Gasteiger partial charge in [0.05, 0.1) is 0 Å². The number of alkyl halides is 1. The predicted octanol–water partition coefficient (Wildman–Crippen LogP) is 1.33. The normalized spacial score (nSPS) is 28.6. The molecule has 0 saturated carbocycles. The zero-order valence-electron chi connectivity index (χ0n) is 15.9. The molecule has 1 fully saturated rings. The summed E-state index contributed by atoms with van der Waals surface area (Å²) in [4.78, 5) is 46.0. The quantitative estimate of drug-likeness (QED) is 0.221. The molecule has 0 spiro atoms. The highest BCUT2D eigenvalue weighted by atomic mass is 127. The van der Waals surface area contributed by atoms with Gasteiger partial charge in [0.1, 0.15) is 18.8 Å². The molecule has 0 aromatic carbocycles. The summed E-state index contributed by atoms with van der Waals surface area (Å²) in [5.41, 5.74) is 0. The Morgan fingerprint density at radius 3 is 1.67 bits per heavy atom. The fourth-order valence-electron chi connectivity index (χ4n) is 2.83. The van der Waals surface area contributed by atoms with Crippen LogP contribution in [0.4, 0.5) is 0 Å². The average Bonchev–Trinajstić information content (AvgIpc) is 2.49. The van der Waals surface area contributed by atoms with E-state index < -0.39 is 54.4 Å². The fraction of sp³-hybridized carbons (Fsp3) is 0.765. The lowest BCUT2D eigenvalue weighted by molar-refractivity contribution is -0.253. The third-order valence-electron chi connectivity index (χ3n) is 3.64. The Morgan fingerprint density at radius 1 is 0.815 bits per heavy atom. The zero-order chi connectivity index (χ0) is 20.7. The molecule has 0 radical (unpaired) electrons. The number of carbonyl (C=O) groups is 4. The van der Waals surface area contributed by atoms with Crippen molar-refractivity contribution in [1.82, 2.24) is 0 Å².